The maximum absolute atomic E-state index is 13.7. The Morgan fingerprint density at radius 2 is 1.29 bits per heavy atom. The van der Waals surface area contributed by atoms with Crippen LogP contribution in [0.3, 0.4) is 0 Å². The summed E-state index contributed by atoms with van der Waals surface area (Å²) < 4.78 is 65.6. The van der Waals surface area contributed by atoms with E-state index in [0.29, 0.717) is 5.75 Å². The first-order valence-electron chi connectivity index (χ1n) is 7.58. The largest absolute Gasteiger partial charge is 1.00 e. The third kappa shape index (κ3) is 5.03. The van der Waals surface area contributed by atoms with Gasteiger partial charge in [-0.2, -0.15) is 0 Å². The summed E-state index contributed by atoms with van der Waals surface area (Å²) in [7, 11) is -4.55. The van der Waals surface area contributed by atoms with Crippen molar-refractivity contribution in [1.29, 1.82) is 0 Å². The molecule has 0 aliphatic carbocycles. The van der Waals surface area contributed by atoms with Crippen molar-refractivity contribution in [2.45, 2.75) is 4.90 Å². The average Bonchev–Trinajstić information content (AvgIpc) is 2.62. The molecule has 138 valence electrons. The van der Waals surface area contributed by atoms with E-state index < -0.39 is 33.1 Å². The minimum absolute atomic E-state index is 0. The molecule has 0 fully saturated rings. The molecule has 0 aliphatic rings. The van der Waals surface area contributed by atoms with Gasteiger partial charge in [-0.05, 0) is 60.7 Å². The number of ketones is 1. The molecule has 0 N–H and O–H groups in total. The van der Waals surface area contributed by atoms with Crippen molar-refractivity contribution in [3.05, 3.63) is 89.5 Å². The zero-order valence-corrected chi connectivity index (χ0v) is 17.4. The summed E-state index contributed by atoms with van der Waals surface area (Å²) in [6.45, 7) is 0. The summed E-state index contributed by atoms with van der Waals surface area (Å²) in [6, 6.07) is 13.5. The average molecular weight is 412 g/mol. The Kier molecular flexibility index (Phi) is 7.08. The fourth-order valence-corrected chi connectivity index (χ4v) is 2.81. The molecule has 0 heterocycles. The second-order valence-electron chi connectivity index (χ2n) is 5.48. The van der Waals surface area contributed by atoms with Crippen LogP contribution in [0.1, 0.15) is 15.9 Å². The monoisotopic (exact) mass is 412 g/mol. The predicted octanol–water partition coefficient (Wildman–Crippen LogP) is 0.896. The molecule has 9 heteroatoms. The normalized spacial score (nSPS) is 10.8. The van der Waals surface area contributed by atoms with Gasteiger partial charge in [-0.15, -0.1) is 0 Å². The van der Waals surface area contributed by atoms with Gasteiger partial charge in [0.15, 0.2) is 5.78 Å². The van der Waals surface area contributed by atoms with Crippen molar-refractivity contribution in [2.75, 3.05) is 0 Å². The van der Waals surface area contributed by atoms with E-state index in [9.17, 15) is 26.5 Å². The van der Waals surface area contributed by atoms with Crippen LogP contribution in [0.15, 0.2) is 71.6 Å². The van der Waals surface area contributed by atoms with Gasteiger partial charge in [0.25, 0.3) is 0 Å². The predicted molar refractivity (Wildman–Crippen MR) is 90.7 cm³/mol. The molecule has 0 radical (unpaired) electrons. The third-order valence-corrected chi connectivity index (χ3v) is 4.50. The van der Waals surface area contributed by atoms with E-state index in [0.717, 1.165) is 24.3 Å². The molecule has 3 aromatic rings. The molecule has 0 atom stereocenters. The molecule has 28 heavy (non-hydrogen) atoms. The van der Waals surface area contributed by atoms with Gasteiger partial charge in [0.1, 0.15) is 33.3 Å². The fourth-order valence-electron chi connectivity index (χ4n) is 2.34. The van der Waals surface area contributed by atoms with Crippen LogP contribution in [0.4, 0.5) is 8.78 Å². The van der Waals surface area contributed by atoms with E-state index in [1.165, 1.54) is 42.5 Å². The first kappa shape index (κ1) is 22.2. The molecule has 3 rings (SSSR count). The van der Waals surface area contributed by atoms with Gasteiger partial charge >= 0.3 is 29.6 Å². The summed E-state index contributed by atoms with van der Waals surface area (Å²) >= 11 is 0. The van der Waals surface area contributed by atoms with Crippen LogP contribution in [-0.4, -0.2) is 18.8 Å². The first-order valence-corrected chi connectivity index (χ1v) is 8.99. The second-order valence-corrected chi connectivity index (χ2v) is 6.86. The number of carbonyl (C=O) groups is 1. The van der Waals surface area contributed by atoms with E-state index in [4.69, 9.17) is 4.74 Å². The Morgan fingerprint density at radius 1 is 0.821 bits per heavy atom. The number of carbonyl (C=O) groups excluding carboxylic acids is 1. The van der Waals surface area contributed by atoms with Crippen molar-refractivity contribution in [2.24, 2.45) is 0 Å². The number of hydrogen-bond acceptors (Lipinski definition) is 5. The van der Waals surface area contributed by atoms with E-state index in [1.807, 2.05) is 0 Å². The van der Waals surface area contributed by atoms with E-state index in [-0.39, 0.29) is 45.8 Å². The molecule has 0 saturated carbocycles. The zero-order valence-electron chi connectivity index (χ0n) is 14.6. The van der Waals surface area contributed by atoms with Crippen molar-refractivity contribution >= 4 is 15.9 Å². The molecule has 0 unspecified atom stereocenters. The topological polar surface area (TPSA) is 83.5 Å². The molecule has 0 aromatic heterocycles. The van der Waals surface area contributed by atoms with Gasteiger partial charge in [-0.3, -0.25) is 4.79 Å². The summed E-state index contributed by atoms with van der Waals surface area (Å²) in [5.41, 5.74) is -0.570. The van der Waals surface area contributed by atoms with Crippen molar-refractivity contribution in [3.8, 4) is 11.5 Å². The number of ether oxygens (including phenoxy) is 1. The molecular formula is C19H11F2NaO5S. The molecule has 0 saturated heterocycles. The molecule has 0 amide bonds. The quantitative estimate of drug-likeness (QED) is 0.353. The summed E-state index contributed by atoms with van der Waals surface area (Å²) in [5, 5.41) is 0. The smallest absolute Gasteiger partial charge is 0.744 e. The van der Waals surface area contributed by atoms with Crippen LogP contribution >= 0.6 is 0 Å². The van der Waals surface area contributed by atoms with E-state index >= 15 is 0 Å². The first-order chi connectivity index (χ1) is 12.8. The number of hydrogen-bond donors (Lipinski definition) is 0. The van der Waals surface area contributed by atoms with Gasteiger partial charge in [-0.1, -0.05) is 6.07 Å². The standard InChI is InChI=1S/C19H12F2O5S.Na/c20-16-2-1-3-17(21)18(16)19(22)12-4-6-13(7-5-12)26-14-8-10-15(11-9-14)27(23,24)25;/h1-11H,(H,23,24,25);/q;+1/p-1. The van der Waals surface area contributed by atoms with Crippen LogP contribution in [0.5, 0.6) is 11.5 Å². The Bertz CT molecular complexity index is 1080. The summed E-state index contributed by atoms with van der Waals surface area (Å²) in [6.07, 6.45) is 0. The maximum Gasteiger partial charge on any atom is 1.00 e. The van der Waals surface area contributed by atoms with Crippen molar-refractivity contribution in [1.82, 2.24) is 0 Å². The summed E-state index contributed by atoms with van der Waals surface area (Å²) in [5.74, 6) is -2.13. The Labute approximate surface area is 182 Å². The Hall–Kier alpha value is -2.10. The Balaban J connectivity index is 0.00000280. The number of rotatable bonds is 5. The van der Waals surface area contributed by atoms with Gasteiger partial charge < -0.3 is 9.29 Å². The maximum atomic E-state index is 13.7. The molecular weight excluding hydrogens is 401 g/mol. The number of benzene rings is 3. The van der Waals surface area contributed by atoms with Gasteiger partial charge in [0.2, 0.25) is 0 Å². The van der Waals surface area contributed by atoms with Gasteiger partial charge in [-0.25, -0.2) is 17.2 Å². The summed E-state index contributed by atoms with van der Waals surface area (Å²) in [4.78, 5) is 11.9. The second kappa shape index (κ2) is 8.93. The Morgan fingerprint density at radius 3 is 1.75 bits per heavy atom. The number of halogens is 2. The molecule has 3 aromatic carbocycles. The van der Waals surface area contributed by atoms with Gasteiger partial charge in [0.05, 0.1) is 10.5 Å². The third-order valence-electron chi connectivity index (χ3n) is 3.65. The molecule has 0 aliphatic heterocycles. The van der Waals surface area contributed by atoms with Crippen LogP contribution in [0.2, 0.25) is 0 Å². The molecule has 5 nitrogen and oxygen atoms in total. The molecule has 0 bridgehead atoms. The molecule has 0 spiro atoms. The van der Waals surface area contributed by atoms with Gasteiger partial charge in [0, 0.05) is 5.56 Å². The minimum Gasteiger partial charge on any atom is -0.744 e. The SMILES string of the molecule is O=C(c1ccc(Oc2ccc(S(=O)(=O)[O-])cc2)cc1)c1c(F)cccc1F.[Na+]. The van der Waals surface area contributed by atoms with Crippen LogP contribution in [-0.2, 0) is 10.1 Å². The minimum atomic E-state index is -4.55. The van der Waals surface area contributed by atoms with Crippen LogP contribution in [0, 0.1) is 11.6 Å². The van der Waals surface area contributed by atoms with Crippen LogP contribution in [0.25, 0.3) is 0 Å². The zero-order chi connectivity index (χ0) is 19.6. The van der Waals surface area contributed by atoms with Crippen molar-refractivity contribution < 1.29 is 60.8 Å². The van der Waals surface area contributed by atoms with E-state index in [2.05, 4.69) is 0 Å². The van der Waals surface area contributed by atoms with E-state index in [1.54, 1.807) is 0 Å². The fraction of sp³-hybridized carbons (Fsp3) is 0. The van der Waals surface area contributed by atoms with Crippen LogP contribution < -0.4 is 34.3 Å². The van der Waals surface area contributed by atoms with Crippen molar-refractivity contribution in [3.63, 3.8) is 0 Å².